The maximum absolute atomic E-state index is 13.1. The number of allylic oxidation sites excluding steroid dienone is 1. The van der Waals surface area contributed by atoms with Crippen LogP contribution in [0.1, 0.15) is 13.8 Å². The van der Waals surface area contributed by atoms with E-state index in [9.17, 15) is 9.59 Å². The molecule has 0 bridgehead atoms. The number of urea groups is 1. The topological polar surface area (TPSA) is 68.7 Å². The van der Waals surface area contributed by atoms with Gasteiger partial charge in [-0.05, 0) is 26.0 Å². The molecule has 1 saturated heterocycles. The zero-order valence-electron chi connectivity index (χ0n) is 16.2. The standard InChI is InChI=1S/C20H23N5O3/c1-5-11-23-18(26)16-17(22(4)20(23)27)21-19-24(16)12-13(3)25(19)14-9-7-8-10-15(14)28-6-2/h5,7-10,12,16-17H,1,6,11H2,2-4H3. The first-order chi connectivity index (χ1) is 13.5. The highest BCUT2D eigenvalue weighted by molar-refractivity contribution is 6.10. The van der Waals surface area contributed by atoms with Crippen LogP contribution in [0.2, 0.25) is 0 Å². The molecule has 1 aromatic rings. The number of hydrogen-bond donors (Lipinski definition) is 0. The van der Waals surface area contributed by atoms with E-state index in [4.69, 9.17) is 9.73 Å². The number of para-hydroxylation sites is 2. The van der Waals surface area contributed by atoms with Gasteiger partial charge in [-0.1, -0.05) is 18.2 Å². The van der Waals surface area contributed by atoms with E-state index < -0.39 is 12.2 Å². The zero-order valence-corrected chi connectivity index (χ0v) is 16.2. The molecular weight excluding hydrogens is 358 g/mol. The van der Waals surface area contributed by atoms with Crippen LogP contribution in [0.25, 0.3) is 0 Å². The summed E-state index contributed by atoms with van der Waals surface area (Å²) in [6.07, 6.45) is 2.89. The van der Waals surface area contributed by atoms with Gasteiger partial charge in [0, 0.05) is 25.5 Å². The van der Waals surface area contributed by atoms with Crippen LogP contribution in [-0.4, -0.2) is 65.0 Å². The average molecular weight is 381 g/mol. The van der Waals surface area contributed by atoms with Gasteiger partial charge in [0.2, 0.25) is 5.96 Å². The molecule has 0 N–H and O–H groups in total. The number of anilines is 1. The number of nitrogens with zero attached hydrogens (tertiary/aromatic N) is 5. The number of carbonyl (C=O) groups excluding carboxylic acids is 2. The maximum atomic E-state index is 13.1. The summed E-state index contributed by atoms with van der Waals surface area (Å²) in [5, 5.41) is 0. The van der Waals surface area contributed by atoms with Crippen LogP contribution < -0.4 is 9.64 Å². The van der Waals surface area contributed by atoms with Crippen molar-refractivity contribution in [3.8, 4) is 5.75 Å². The van der Waals surface area contributed by atoms with Gasteiger partial charge in [-0.25, -0.2) is 9.79 Å². The highest BCUT2D eigenvalue weighted by atomic mass is 16.5. The Hall–Kier alpha value is -3.29. The largest absolute Gasteiger partial charge is 0.492 e. The van der Waals surface area contributed by atoms with Crippen LogP contribution in [0, 0.1) is 0 Å². The molecule has 28 heavy (non-hydrogen) atoms. The molecule has 3 aliphatic heterocycles. The van der Waals surface area contributed by atoms with Gasteiger partial charge >= 0.3 is 6.03 Å². The highest BCUT2D eigenvalue weighted by Gasteiger charge is 2.54. The summed E-state index contributed by atoms with van der Waals surface area (Å²) < 4.78 is 5.78. The summed E-state index contributed by atoms with van der Waals surface area (Å²) in [7, 11) is 1.67. The number of fused-ring (bicyclic) bond motifs is 3. The Labute approximate surface area is 164 Å². The van der Waals surface area contributed by atoms with Gasteiger partial charge in [0.1, 0.15) is 5.75 Å². The van der Waals surface area contributed by atoms with Gasteiger partial charge in [0.15, 0.2) is 12.2 Å². The third-order valence-corrected chi connectivity index (χ3v) is 5.11. The summed E-state index contributed by atoms with van der Waals surface area (Å²) in [5.41, 5.74) is 1.77. The molecule has 3 heterocycles. The van der Waals surface area contributed by atoms with Gasteiger partial charge in [0.05, 0.1) is 12.3 Å². The Morgan fingerprint density at radius 2 is 2.04 bits per heavy atom. The molecule has 0 radical (unpaired) electrons. The fourth-order valence-corrected chi connectivity index (χ4v) is 3.87. The third kappa shape index (κ3) is 2.48. The number of amides is 3. The fraction of sp³-hybridized carbons (Fsp3) is 0.350. The van der Waals surface area contributed by atoms with Crippen molar-refractivity contribution in [2.24, 2.45) is 4.99 Å². The lowest BCUT2D eigenvalue weighted by molar-refractivity contribution is -0.136. The number of aliphatic imine (C=N–C) groups is 1. The first-order valence-electron chi connectivity index (χ1n) is 9.25. The van der Waals surface area contributed by atoms with E-state index in [2.05, 4.69) is 6.58 Å². The van der Waals surface area contributed by atoms with Crippen molar-refractivity contribution < 1.29 is 14.3 Å². The molecule has 0 saturated carbocycles. The van der Waals surface area contributed by atoms with Crippen molar-refractivity contribution in [1.82, 2.24) is 14.7 Å². The minimum absolute atomic E-state index is 0.175. The number of hydrogen-bond acceptors (Lipinski definition) is 6. The third-order valence-electron chi connectivity index (χ3n) is 5.11. The van der Waals surface area contributed by atoms with Crippen LogP contribution >= 0.6 is 0 Å². The number of carbonyl (C=O) groups is 2. The van der Waals surface area contributed by atoms with Crippen LogP contribution in [0.4, 0.5) is 10.5 Å². The highest BCUT2D eigenvalue weighted by Crippen LogP contribution is 2.39. The molecule has 1 fully saturated rings. The SMILES string of the molecule is C=CCN1C(=O)C2C(N=C3N(c4ccccc4OCC)C(C)=CN32)N(C)C1=O. The Bertz CT molecular complexity index is 909. The van der Waals surface area contributed by atoms with Crippen LogP contribution in [0.15, 0.2) is 53.8 Å². The first-order valence-corrected chi connectivity index (χ1v) is 9.25. The van der Waals surface area contributed by atoms with E-state index >= 15 is 0 Å². The second-order valence-electron chi connectivity index (χ2n) is 6.83. The minimum atomic E-state index is -0.586. The molecule has 3 amide bonds. The molecule has 8 nitrogen and oxygen atoms in total. The van der Waals surface area contributed by atoms with E-state index in [1.807, 2.05) is 54.1 Å². The number of rotatable bonds is 5. The van der Waals surface area contributed by atoms with Crippen molar-refractivity contribution in [2.45, 2.75) is 26.1 Å². The van der Waals surface area contributed by atoms with Crippen LogP contribution in [-0.2, 0) is 4.79 Å². The smallest absolute Gasteiger partial charge is 0.328 e. The van der Waals surface area contributed by atoms with Gasteiger partial charge < -0.3 is 14.5 Å². The fourth-order valence-electron chi connectivity index (χ4n) is 3.87. The molecule has 1 aromatic carbocycles. The number of imide groups is 1. The molecule has 146 valence electrons. The summed E-state index contributed by atoms with van der Waals surface area (Å²) in [6.45, 7) is 8.26. The average Bonchev–Trinajstić information content (AvgIpc) is 3.19. The second kappa shape index (κ2) is 6.70. The van der Waals surface area contributed by atoms with E-state index in [1.165, 1.54) is 9.80 Å². The summed E-state index contributed by atoms with van der Waals surface area (Å²) in [4.78, 5) is 36.9. The minimum Gasteiger partial charge on any atom is -0.492 e. The van der Waals surface area contributed by atoms with Gasteiger partial charge in [-0.2, -0.15) is 0 Å². The Morgan fingerprint density at radius 1 is 1.29 bits per heavy atom. The van der Waals surface area contributed by atoms with Crippen LogP contribution in [0.5, 0.6) is 5.75 Å². The molecule has 4 rings (SSSR count). The molecular formula is C20H23N5O3. The van der Waals surface area contributed by atoms with E-state index in [-0.39, 0.29) is 18.5 Å². The van der Waals surface area contributed by atoms with Gasteiger partial charge in [-0.15, -0.1) is 6.58 Å². The quantitative estimate of drug-likeness (QED) is 0.732. The molecule has 0 spiro atoms. The number of guanidine groups is 1. The molecule has 2 unspecified atom stereocenters. The summed E-state index contributed by atoms with van der Waals surface area (Å²) >= 11 is 0. The van der Waals surface area contributed by atoms with Crippen molar-refractivity contribution >= 4 is 23.6 Å². The summed E-state index contributed by atoms with van der Waals surface area (Å²) in [5.74, 6) is 1.09. The van der Waals surface area contributed by atoms with Crippen molar-refractivity contribution in [3.05, 3.63) is 48.8 Å². The molecule has 0 aliphatic carbocycles. The van der Waals surface area contributed by atoms with E-state index in [0.717, 1.165) is 17.1 Å². The number of ether oxygens (including phenoxy) is 1. The van der Waals surface area contributed by atoms with Crippen molar-refractivity contribution in [1.29, 1.82) is 0 Å². The lowest BCUT2D eigenvalue weighted by Crippen LogP contribution is -2.64. The molecule has 8 heteroatoms. The van der Waals surface area contributed by atoms with Crippen molar-refractivity contribution in [3.63, 3.8) is 0 Å². The van der Waals surface area contributed by atoms with Gasteiger partial charge in [0.25, 0.3) is 5.91 Å². The number of benzene rings is 1. The zero-order chi connectivity index (χ0) is 20.0. The van der Waals surface area contributed by atoms with E-state index in [1.54, 1.807) is 13.1 Å². The molecule has 3 aliphatic rings. The number of likely N-dealkylation sites (N-methyl/N-ethyl adjacent to an activating group) is 1. The monoisotopic (exact) mass is 381 g/mol. The Kier molecular flexibility index (Phi) is 4.33. The molecule has 2 atom stereocenters. The van der Waals surface area contributed by atoms with Crippen LogP contribution in [0.3, 0.4) is 0 Å². The normalized spacial score (nSPS) is 23.5. The summed E-state index contributed by atoms with van der Waals surface area (Å²) in [6, 6.07) is 6.76. The Morgan fingerprint density at radius 3 is 2.75 bits per heavy atom. The van der Waals surface area contributed by atoms with Crippen molar-refractivity contribution in [2.75, 3.05) is 25.1 Å². The molecule has 0 aromatic heterocycles. The maximum Gasteiger partial charge on any atom is 0.328 e. The lowest BCUT2D eigenvalue weighted by Gasteiger charge is -2.39. The first kappa shape index (κ1) is 18.1. The van der Waals surface area contributed by atoms with Gasteiger partial charge in [-0.3, -0.25) is 14.6 Å². The predicted octanol–water partition coefficient (Wildman–Crippen LogP) is 2.21. The van der Waals surface area contributed by atoms with E-state index in [0.29, 0.717) is 12.6 Å². The Balaban J connectivity index is 1.74. The predicted molar refractivity (Wildman–Crippen MR) is 106 cm³/mol. The second-order valence-corrected chi connectivity index (χ2v) is 6.83. The lowest BCUT2D eigenvalue weighted by atomic mass is 10.1.